The van der Waals surface area contributed by atoms with E-state index < -0.39 is 0 Å². The van der Waals surface area contributed by atoms with Gasteiger partial charge in [-0.2, -0.15) is 5.26 Å². The van der Waals surface area contributed by atoms with Gasteiger partial charge in [-0.15, -0.1) is 0 Å². The summed E-state index contributed by atoms with van der Waals surface area (Å²) in [5, 5.41) is 9.54. The lowest BCUT2D eigenvalue weighted by Gasteiger charge is -2.15. The minimum atomic E-state index is -0.312. The van der Waals surface area contributed by atoms with Crippen molar-refractivity contribution in [1.82, 2.24) is 0 Å². The molecular weight excluding hydrogens is 426 g/mol. The van der Waals surface area contributed by atoms with Gasteiger partial charge < -0.3 is 9.47 Å². The van der Waals surface area contributed by atoms with Crippen molar-refractivity contribution in [3.8, 4) is 17.6 Å². The second-order valence-corrected chi connectivity index (χ2v) is 7.49. The number of nitrogens with zero attached hydrogens (tertiary/aromatic N) is 1. The molecule has 158 valence electrons. The molecule has 4 rings (SSSR count). The predicted octanol–water partition coefficient (Wildman–Crippen LogP) is 5.65. The highest BCUT2D eigenvalue weighted by molar-refractivity contribution is 6.41. The summed E-state index contributed by atoms with van der Waals surface area (Å²) < 4.78 is 11.6. The molecule has 0 unspecified atom stereocenters. The fourth-order valence-corrected chi connectivity index (χ4v) is 3.82. The first-order valence-corrected chi connectivity index (χ1v) is 10.4. The molecule has 0 N–H and O–H groups in total. The molecule has 0 atom stereocenters. The fraction of sp³-hybridized carbons (Fsp3) is 0.115. The molecule has 0 amide bonds. The number of carbonyl (C=O) groups excluding carboxylic acids is 2. The Morgan fingerprint density at radius 3 is 2.28 bits per heavy atom. The first-order chi connectivity index (χ1) is 15.5. The Hall–Kier alpha value is -3.88. The van der Waals surface area contributed by atoms with E-state index in [4.69, 9.17) is 21.1 Å². The highest BCUT2D eigenvalue weighted by Gasteiger charge is 2.32. The molecule has 0 spiro atoms. The molecule has 0 aromatic heterocycles. The molecule has 0 radical (unpaired) electrons. The van der Waals surface area contributed by atoms with Gasteiger partial charge in [0.2, 0.25) is 0 Å². The van der Waals surface area contributed by atoms with E-state index in [1.165, 1.54) is 6.08 Å². The van der Waals surface area contributed by atoms with Gasteiger partial charge in [0.05, 0.1) is 28.8 Å². The minimum Gasteiger partial charge on any atom is -0.490 e. The molecule has 0 heterocycles. The van der Waals surface area contributed by atoms with Gasteiger partial charge in [-0.3, -0.25) is 9.59 Å². The Morgan fingerprint density at radius 1 is 0.969 bits per heavy atom. The van der Waals surface area contributed by atoms with Crippen molar-refractivity contribution < 1.29 is 19.1 Å². The lowest BCUT2D eigenvalue weighted by Crippen LogP contribution is -2.03. The van der Waals surface area contributed by atoms with Crippen molar-refractivity contribution >= 4 is 29.2 Å². The lowest BCUT2D eigenvalue weighted by molar-refractivity contribution is 0.0990. The Kier molecular flexibility index (Phi) is 6.07. The maximum atomic E-state index is 12.7. The van der Waals surface area contributed by atoms with Crippen LogP contribution in [0.3, 0.4) is 0 Å². The van der Waals surface area contributed by atoms with Crippen molar-refractivity contribution in [2.75, 3.05) is 6.61 Å². The van der Waals surface area contributed by atoms with E-state index in [2.05, 4.69) is 6.07 Å². The van der Waals surface area contributed by atoms with Crippen LogP contribution in [0.15, 0.2) is 66.2 Å². The van der Waals surface area contributed by atoms with E-state index >= 15 is 0 Å². The first-order valence-electron chi connectivity index (χ1n) is 10.0. The second kappa shape index (κ2) is 9.09. The minimum absolute atomic E-state index is 0.0846. The van der Waals surface area contributed by atoms with Crippen molar-refractivity contribution in [2.24, 2.45) is 0 Å². The van der Waals surface area contributed by atoms with E-state index in [0.29, 0.717) is 40.4 Å². The average molecular weight is 444 g/mol. The fourth-order valence-electron chi connectivity index (χ4n) is 3.55. The summed E-state index contributed by atoms with van der Waals surface area (Å²) in [6, 6.07) is 19.3. The van der Waals surface area contributed by atoms with Crippen LogP contribution in [0.25, 0.3) is 6.08 Å². The standard InChI is InChI=1S/C26H18ClNO4/c1-2-31-23-13-16(11-21-24(29)19-9-5-6-10-20(19)25(21)30)12-22(27)26(23)32-15-18-8-4-3-7-17(18)14-28/h3-13H,2,15H2,1H3. The third-order valence-corrected chi connectivity index (χ3v) is 5.34. The molecule has 5 nitrogen and oxygen atoms in total. The molecule has 1 aliphatic rings. The van der Waals surface area contributed by atoms with Crippen molar-refractivity contribution in [2.45, 2.75) is 13.5 Å². The number of allylic oxidation sites excluding steroid dienone is 1. The Morgan fingerprint density at radius 2 is 1.62 bits per heavy atom. The molecule has 3 aromatic carbocycles. The van der Waals surface area contributed by atoms with Gasteiger partial charge in [-0.05, 0) is 36.8 Å². The van der Waals surface area contributed by atoms with Crippen LogP contribution in [0.1, 0.15) is 44.3 Å². The quantitative estimate of drug-likeness (QED) is 0.363. The van der Waals surface area contributed by atoms with Crippen LogP contribution in [0.4, 0.5) is 0 Å². The van der Waals surface area contributed by atoms with Gasteiger partial charge in [0.25, 0.3) is 0 Å². The maximum absolute atomic E-state index is 12.7. The number of fused-ring (bicyclic) bond motifs is 1. The van der Waals surface area contributed by atoms with E-state index in [0.717, 1.165) is 5.56 Å². The van der Waals surface area contributed by atoms with E-state index in [1.54, 1.807) is 54.6 Å². The van der Waals surface area contributed by atoms with Crippen molar-refractivity contribution in [1.29, 1.82) is 5.26 Å². The number of hydrogen-bond acceptors (Lipinski definition) is 5. The van der Waals surface area contributed by atoms with Crippen LogP contribution in [0.5, 0.6) is 11.5 Å². The third kappa shape index (κ3) is 4.01. The zero-order valence-corrected chi connectivity index (χ0v) is 18.0. The summed E-state index contributed by atoms with van der Waals surface area (Å²) in [7, 11) is 0. The van der Waals surface area contributed by atoms with Crippen LogP contribution in [-0.4, -0.2) is 18.2 Å². The highest BCUT2D eigenvalue weighted by Crippen LogP contribution is 2.38. The highest BCUT2D eigenvalue weighted by atomic mass is 35.5. The average Bonchev–Trinajstić information content (AvgIpc) is 3.04. The molecule has 0 saturated heterocycles. The van der Waals surface area contributed by atoms with E-state index in [1.807, 2.05) is 13.0 Å². The molecule has 0 bridgehead atoms. The molecule has 1 aliphatic carbocycles. The van der Waals surface area contributed by atoms with Gasteiger partial charge in [0.1, 0.15) is 6.61 Å². The van der Waals surface area contributed by atoms with Crippen LogP contribution >= 0.6 is 11.6 Å². The smallest absolute Gasteiger partial charge is 0.197 e. The van der Waals surface area contributed by atoms with Gasteiger partial charge in [-0.1, -0.05) is 54.1 Å². The SMILES string of the molecule is CCOc1cc(C=C2C(=O)c3ccccc3C2=O)cc(Cl)c1OCc1ccccc1C#N. The number of carbonyl (C=O) groups is 2. The Balaban J connectivity index is 1.67. The van der Waals surface area contributed by atoms with Crippen molar-refractivity contribution in [3.63, 3.8) is 0 Å². The lowest BCUT2D eigenvalue weighted by atomic mass is 10.1. The van der Waals surface area contributed by atoms with E-state index in [9.17, 15) is 14.9 Å². The van der Waals surface area contributed by atoms with Gasteiger partial charge in [0.15, 0.2) is 23.1 Å². The van der Waals surface area contributed by atoms with E-state index in [-0.39, 0.29) is 28.8 Å². The number of halogens is 1. The van der Waals surface area contributed by atoms with Gasteiger partial charge in [-0.25, -0.2) is 0 Å². The van der Waals surface area contributed by atoms with Crippen LogP contribution in [0.2, 0.25) is 5.02 Å². The normalized spacial score (nSPS) is 12.3. The van der Waals surface area contributed by atoms with Gasteiger partial charge >= 0.3 is 0 Å². The molecule has 0 fully saturated rings. The number of benzene rings is 3. The summed E-state index contributed by atoms with van der Waals surface area (Å²) in [6.07, 6.45) is 1.52. The summed E-state index contributed by atoms with van der Waals surface area (Å²) in [5.41, 5.74) is 2.67. The molecule has 32 heavy (non-hydrogen) atoms. The van der Waals surface area contributed by atoms with Crippen LogP contribution < -0.4 is 9.47 Å². The van der Waals surface area contributed by atoms with Crippen LogP contribution in [-0.2, 0) is 6.61 Å². The number of rotatable bonds is 6. The third-order valence-electron chi connectivity index (χ3n) is 5.06. The summed E-state index contributed by atoms with van der Waals surface area (Å²) in [5.74, 6) is 0.0914. The zero-order chi connectivity index (χ0) is 22.7. The zero-order valence-electron chi connectivity index (χ0n) is 17.2. The summed E-state index contributed by atoms with van der Waals surface area (Å²) in [4.78, 5) is 25.4. The monoisotopic (exact) mass is 443 g/mol. The number of Topliss-reactive ketones (excluding diaryl/α,β-unsaturated/α-hetero) is 2. The largest absolute Gasteiger partial charge is 0.490 e. The first kappa shape index (κ1) is 21.4. The number of nitriles is 1. The van der Waals surface area contributed by atoms with Crippen LogP contribution in [0, 0.1) is 11.3 Å². The maximum Gasteiger partial charge on any atom is 0.197 e. The summed E-state index contributed by atoms with van der Waals surface area (Å²) in [6.45, 7) is 2.33. The second-order valence-electron chi connectivity index (χ2n) is 7.08. The number of hydrogen-bond donors (Lipinski definition) is 0. The molecule has 0 aliphatic heterocycles. The Labute approximate surface area is 190 Å². The molecular formula is C26H18ClNO4. The number of ether oxygens (including phenoxy) is 2. The molecule has 6 heteroatoms. The molecule has 3 aromatic rings. The van der Waals surface area contributed by atoms with Gasteiger partial charge in [0, 0.05) is 16.7 Å². The topological polar surface area (TPSA) is 76.4 Å². The summed E-state index contributed by atoms with van der Waals surface area (Å²) >= 11 is 6.49. The number of ketones is 2. The predicted molar refractivity (Wildman–Crippen MR) is 121 cm³/mol. The van der Waals surface area contributed by atoms with Crippen molar-refractivity contribution in [3.05, 3.63) is 99.1 Å². The molecule has 0 saturated carbocycles. The Bertz CT molecular complexity index is 1270.